The van der Waals surface area contributed by atoms with Crippen molar-refractivity contribution in [2.24, 2.45) is 0 Å². The molecule has 0 amide bonds. The van der Waals surface area contributed by atoms with E-state index in [0.717, 1.165) is 0 Å². The maximum atomic E-state index is 12.6. The molecule has 0 aliphatic rings. The standard InChI is InChI=1S/C24H22N5O7P/c1-14-22(30)19(16(11-25-14)13-35-37(32,33)34)12-26-20-10-15-9-18(36-17-5-3-2-4-6-17)7-8-21(15)29-23(20)27-28-24(29)31/h2-11,26,30H,12-13H2,1H3,(H,28,31)(H2,32,33,34)/p-2. The minimum atomic E-state index is -5.24. The number of nitrogens with one attached hydrogen (secondary N) is 2. The number of aromatic amines is 1. The fourth-order valence-corrected chi connectivity index (χ4v) is 4.23. The van der Waals surface area contributed by atoms with E-state index in [2.05, 4.69) is 25.0 Å². The van der Waals surface area contributed by atoms with Crippen LogP contribution in [0.2, 0.25) is 0 Å². The van der Waals surface area contributed by atoms with Gasteiger partial charge in [0.1, 0.15) is 17.2 Å². The van der Waals surface area contributed by atoms with E-state index in [1.165, 1.54) is 10.6 Å². The van der Waals surface area contributed by atoms with Crippen molar-refractivity contribution in [3.05, 3.63) is 88.1 Å². The van der Waals surface area contributed by atoms with Crippen molar-refractivity contribution in [3.63, 3.8) is 0 Å². The van der Waals surface area contributed by atoms with E-state index in [0.29, 0.717) is 39.4 Å². The first-order valence-electron chi connectivity index (χ1n) is 11.0. The molecule has 0 aliphatic heterocycles. The summed E-state index contributed by atoms with van der Waals surface area (Å²) in [6.07, 6.45) is 1.32. The van der Waals surface area contributed by atoms with Crippen LogP contribution in [0.1, 0.15) is 16.8 Å². The Bertz CT molecular complexity index is 1710. The van der Waals surface area contributed by atoms with Crippen LogP contribution in [-0.4, -0.2) is 24.7 Å². The fourth-order valence-electron chi connectivity index (χ4n) is 3.93. The number of ether oxygens (including phenoxy) is 1. The third-order valence-corrected chi connectivity index (χ3v) is 6.14. The van der Waals surface area contributed by atoms with Crippen LogP contribution in [0.4, 0.5) is 5.69 Å². The first-order valence-corrected chi connectivity index (χ1v) is 12.5. The highest BCUT2D eigenvalue weighted by molar-refractivity contribution is 7.43. The molecule has 0 aliphatic carbocycles. The summed E-state index contributed by atoms with van der Waals surface area (Å²) < 4.78 is 22.7. The number of phosphoric ester groups is 1. The Morgan fingerprint density at radius 2 is 1.92 bits per heavy atom. The van der Waals surface area contributed by atoms with Gasteiger partial charge in [0.25, 0.3) is 0 Å². The molecule has 0 fully saturated rings. The number of benzene rings is 2. The van der Waals surface area contributed by atoms with Gasteiger partial charge in [-0.2, -0.15) is 5.10 Å². The lowest BCUT2D eigenvalue weighted by Gasteiger charge is -2.29. The maximum absolute atomic E-state index is 12.6. The third kappa shape index (κ3) is 5.18. The van der Waals surface area contributed by atoms with Gasteiger partial charge in [-0.05, 0) is 43.3 Å². The molecule has 3 heterocycles. The summed E-state index contributed by atoms with van der Waals surface area (Å²) in [5.41, 5.74) is 1.69. The Labute approximate surface area is 209 Å². The van der Waals surface area contributed by atoms with Crippen molar-refractivity contribution < 1.29 is 28.7 Å². The lowest BCUT2D eigenvalue weighted by Crippen LogP contribution is -2.17. The summed E-state index contributed by atoms with van der Waals surface area (Å²) in [7, 11) is -5.24. The molecule has 37 heavy (non-hydrogen) atoms. The average molecular weight is 521 g/mol. The average Bonchev–Trinajstić information content (AvgIpc) is 3.26. The third-order valence-electron chi connectivity index (χ3n) is 5.70. The van der Waals surface area contributed by atoms with Gasteiger partial charge < -0.3 is 34.0 Å². The second-order valence-electron chi connectivity index (χ2n) is 8.15. The van der Waals surface area contributed by atoms with Gasteiger partial charge in [0, 0.05) is 29.3 Å². The summed E-state index contributed by atoms with van der Waals surface area (Å²) in [5.74, 6) is 1.03. The number of nitrogens with zero attached hydrogens (tertiary/aromatic N) is 3. The van der Waals surface area contributed by atoms with Crippen LogP contribution >= 0.6 is 7.82 Å². The number of rotatable bonds is 8. The molecule has 3 N–H and O–H groups in total. The highest BCUT2D eigenvalue weighted by atomic mass is 31.2. The smallest absolute Gasteiger partial charge is 0.348 e. The molecule has 0 unspecified atom stereocenters. The number of aryl methyl sites for hydroxylation is 1. The number of hydrogen-bond donors (Lipinski definition) is 3. The molecule has 0 spiro atoms. The van der Waals surface area contributed by atoms with E-state index in [1.54, 1.807) is 31.2 Å². The van der Waals surface area contributed by atoms with Crippen LogP contribution in [0.15, 0.2) is 65.6 Å². The lowest BCUT2D eigenvalue weighted by molar-refractivity contribution is -0.342. The van der Waals surface area contributed by atoms with Crippen LogP contribution in [0.3, 0.4) is 0 Å². The molecule has 3 aromatic heterocycles. The van der Waals surface area contributed by atoms with Gasteiger partial charge in [-0.25, -0.2) is 14.3 Å². The number of para-hydroxylation sites is 1. The van der Waals surface area contributed by atoms with Crippen molar-refractivity contribution in [2.45, 2.75) is 20.1 Å². The zero-order chi connectivity index (χ0) is 26.2. The Kier molecular flexibility index (Phi) is 6.40. The van der Waals surface area contributed by atoms with E-state index in [4.69, 9.17) is 4.74 Å². The normalized spacial score (nSPS) is 11.8. The Hall–Kier alpha value is -4.22. The monoisotopic (exact) mass is 521 g/mol. The molecule has 0 radical (unpaired) electrons. The van der Waals surface area contributed by atoms with Gasteiger partial charge in [0.15, 0.2) is 5.65 Å². The number of H-pyrrole nitrogens is 1. The molecule has 2 aromatic carbocycles. The predicted molar refractivity (Wildman–Crippen MR) is 130 cm³/mol. The second-order valence-corrected chi connectivity index (χ2v) is 9.30. The summed E-state index contributed by atoms with van der Waals surface area (Å²) in [6.45, 7) is 0.973. The van der Waals surface area contributed by atoms with Gasteiger partial charge in [-0.3, -0.25) is 4.98 Å². The van der Waals surface area contributed by atoms with Crippen molar-refractivity contribution in [3.8, 4) is 17.2 Å². The molecule has 12 nitrogen and oxygen atoms in total. The van der Waals surface area contributed by atoms with E-state index in [1.807, 2.05) is 30.3 Å². The largest absolute Gasteiger partial charge is 0.790 e. The maximum Gasteiger partial charge on any atom is 0.348 e. The number of anilines is 1. The molecule has 0 saturated carbocycles. The van der Waals surface area contributed by atoms with Gasteiger partial charge in [0.2, 0.25) is 0 Å². The molecule has 0 atom stereocenters. The number of aromatic nitrogens is 4. The molecule has 5 aromatic rings. The number of fused-ring (bicyclic) bond motifs is 3. The number of pyridine rings is 2. The van der Waals surface area contributed by atoms with Crippen LogP contribution in [-0.2, 0) is 22.2 Å². The summed E-state index contributed by atoms with van der Waals surface area (Å²) in [5, 5.41) is 20.9. The molecule has 13 heteroatoms. The van der Waals surface area contributed by atoms with Crippen molar-refractivity contribution in [1.29, 1.82) is 0 Å². The van der Waals surface area contributed by atoms with E-state index >= 15 is 0 Å². The SMILES string of the molecule is Cc1ncc(COP(=O)([O-])[O-])c(CNc2cc3cc(Oc4ccccc4)ccc3n3c(=O)[nH]nc23)c1O. The highest BCUT2D eigenvalue weighted by Crippen LogP contribution is 2.32. The minimum Gasteiger partial charge on any atom is -0.790 e. The van der Waals surface area contributed by atoms with Crippen LogP contribution < -0.4 is 25.5 Å². The van der Waals surface area contributed by atoms with Crippen LogP contribution in [0.5, 0.6) is 17.2 Å². The molecule has 5 rings (SSSR count). The zero-order valence-electron chi connectivity index (χ0n) is 19.4. The molecule has 190 valence electrons. The lowest BCUT2D eigenvalue weighted by atomic mass is 10.1. The van der Waals surface area contributed by atoms with E-state index < -0.39 is 20.1 Å². The van der Waals surface area contributed by atoms with Crippen LogP contribution in [0.25, 0.3) is 16.6 Å². The Morgan fingerprint density at radius 1 is 1.14 bits per heavy atom. The Balaban J connectivity index is 1.52. The molecule has 0 saturated heterocycles. The highest BCUT2D eigenvalue weighted by Gasteiger charge is 2.16. The van der Waals surface area contributed by atoms with Crippen molar-refractivity contribution in [1.82, 2.24) is 19.6 Å². The first-order chi connectivity index (χ1) is 17.7. The van der Waals surface area contributed by atoms with Gasteiger partial charge in [-0.15, -0.1) is 0 Å². The fraction of sp³-hybridized carbons (Fsp3) is 0.125. The topological polar surface area (TPSA) is 177 Å². The van der Waals surface area contributed by atoms with E-state index in [9.17, 15) is 24.3 Å². The number of hydrogen-bond acceptors (Lipinski definition) is 10. The predicted octanol–water partition coefficient (Wildman–Crippen LogP) is 2.33. The molecular weight excluding hydrogens is 501 g/mol. The van der Waals surface area contributed by atoms with Gasteiger partial charge in [0.05, 0.1) is 31.3 Å². The Morgan fingerprint density at radius 3 is 2.68 bits per heavy atom. The molecule has 0 bridgehead atoms. The zero-order valence-corrected chi connectivity index (χ0v) is 20.3. The summed E-state index contributed by atoms with van der Waals surface area (Å²) >= 11 is 0. The van der Waals surface area contributed by atoms with Gasteiger partial charge >= 0.3 is 5.69 Å². The minimum absolute atomic E-state index is 0.0155. The summed E-state index contributed by atoms with van der Waals surface area (Å²) in [4.78, 5) is 38.5. The molecular formula is C24H20N5O7P-2. The number of phosphoric acid groups is 1. The van der Waals surface area contributed by atoms with E-state index in [-0.39, 0.29) is 23.4 Å². The van der Waals surface area contributed by atoms with Crippen molar-refractivity contribution >= 4 is 30.1 Å². The number of aromatic hydroxyl groups is 1. The van der Waals surface area contributed by atoms with Gasteiger partial charge in [-0.1, -0.05) is 18.2 Å². The second kappa shape index (κ2) is 9.68. The first kappa shape index (κ1) is 24.5. The van der Waals surface area contributed by atoms with Crippen LogP contribution in [0, 0.1) is 6.92 Å². The quantitative estimate of drug-likeness (QED) is 0.257. The van der Waals surface area contributed by atoms with Crippen molar-refractivity contribution in [2.75, 3.05) is 5.32 Å². The summed E-state index contributed by atoms with van der Waals surface area (Å²) in [6, 6.07) is 16.3.